The van der Waals surface area contributed by atoms with E-state index in [2.05, 4.69) is 41.5 Å². The van der Waals surface area contributed by atoms with E-state index in [1.54, 1.807) is 0 Å². The first-order valence-electron chi connectivity index (χ1n) is 7.60. The highest BCUT2D eigenvalue weighted by atomic mass is 16.7. The van der Waals surface area contributed by atoms with Crippen LogP contribution in [0.3, 0.4) is 0 Å². The number of rotatable bonds is 7. The smallest absolute Gasteiger partial charge is 0.403 e. The van der Waals surface area contributed by atoms with E-state index in [0.717, 1.165) is 12.2 Å². The number of hydrogen-bond acceptors (Lipinski definition) is 2. The highest BCUT2D eigenvalue weighted by molar-refractivity contribution is 6.45. The molecule has 0 aromatic carbocycles. The summed E-state index contributed by atoms with van der Waals surface area (Å²) >= 11 is 0. The van der Waals surface area contributed by atoms with Gasteiger partial charge in [0.25, 0.3) is 0 Å². The lowest BCUT2D eigenvalue weighted by Crippen LogP contribution is -2.41. The van der Waals surface area contributed by atoms with Crippen molar-refractivity contribution in [3.05, 3.63) is 0 Å². The molecule has 0 unspecified atom stereocenters. The lowest BCUT2D eigenvalue weighted by molar-refractivity contribution is 0.00578. The molecular weight excluding hydrogens is 223 g/mol. The van der Waals surface area contributed by atoms with Crippen molar-refractivity contribution >= 4 is 7.12 Å². The van der Waals surface area contributed by atoms with Gasteiger partial charge in [0.05, 0.1) is 11.2 Å². The van der Waals surface area contributed by atoms with Crippen LogP contribution in [-0.2, 0) is 9.31 Å². The zero-order valence-corrected chi connectivity index (χ0v) is 13.2. The second kappa shape index (κ2) is 6.43. The molecule has 0 amide bonds. The second-order valence-corrected chi connectivity index (χ2v) is 7.07. The molecule has 1 aliphatic rings. The van der Waals surface area contributed by atoms with Crippen LogP contribution in [0.1, 0.15) is 73.6 Å². The van der Waals surface area contributed by atoms with Crippen LogP contribution in [0.15, 0.2) is 0 Å². The van der Waals surface area contributed by atoms with E-state index in [0.29, 0.717) is 0 Å². The van der Waals surface area contributed by atoms with Crippen molar-refractivity contribution in [1.82, 2.24) is 0 Å². The Morgan fingerprint density at radius 3 is 1.83 bits per heavy atom. The van der Waals surface area contributed by atoms with Gasteiger partial charge < -0.3 is 9.31 Å². The molecule has 1 rings (SSSR count). The Balaban J connectivity index is 2.11. The molecule has 0 aliphatic carbocycles. The van der Waals surface area contributed by atoms with Gasteiger partial charge in [0.15, 0.2) is 0 Å². The fourth-order valence-electron chi connectivity index (χ4n) is 2.30. The molecule has 18 heavy (non-hydrogen) atoms. The largest absolute Gasteiger partial charge is 0.457 e. The van der Waals surface area contributed by atoms with Crippen molar-refractivity contribution < 1.29 is 9.31 Å². The number of unbranched alkanes of at least 4 members (excludes halogenated alkanes) is 3. The molecular formula is C15H31BO2. The van der Waals surface area contributed by atoms with E-state index in [1.165, 1.54) is 32.1 Å². The number of hydrogen-bond donors (Lipinski definition) is 0. The molecule has 1 aliphatic heterocycles. The maximum atomic E-state index is 5.99. The van der Waals surface area contributed by atoms with E-state index < -0.39 is 0 Å². The summed E-state index contributed by atoms with van der Waals surface area (Å²) in [6.45, 7) is 13.1. The molecule has 0 radical (unpaired) electrons. The minimum absolute atomic E-state index is 0.0000914. The minimum atomic E-state index is -0.171. The van der Waals surface area contributed by atoms with Gasteiger partial charge in [-0.05, 0) is 39.9 Å². The summed E-state index contributed by atoms with van der Waals surface area (Å²) < 4.78 is 12.0. The van der Waals surface area contributed by atoms with E-state index in [1.807, 2.05) is 0 Å². The van der Waals surface area contributed by atoms with Crippen LogP contribution in [0.2, 0.25) is 6.32 Å². The summed E-state index contributed by atoms with van der Waals surface area (Å²) in [6.07, 6.45) is 7.62. The Hall–Kier alpha value is -0.0151. The SMILES string of the molecule is CC(C)CCCCCCB1OC(C)(C)C(C)(C)O1. The lowest BCUT2D eigenvalue weighted by Gasteiger charge is -2.32. The van der Waals surface area contributed by atoms with Crippen LogP contribution < -0.4 is 0 Å². The van der Waals surface area contributed by atoms with Gasteiger partial charge in [0.1, 0.15) is 0 Å². The Bertz CT molecular complexity index is 233. The Morgan fingerprint density at radius 1 is 0.833 bits per heavy atom. The summed E-state index contributed by atoms with van der Waals surface area (Å²) in [7, 11) is 0.0000914. The normalized spacial score (nSPS) is 21.8. The van der Waals surface area contributed by atoms with Gasteiger partial charge >= 0.3 is 7.12 Å². The van der Waals surface area contributed by atoms with Crippen LogP contribution >= 0.6 is 0 Å². The van der Waals surface area contributed by atoms with Crippen LogP contribution in [-0.4, -0.2) is 18.3 Å². The van der Waals surface area contributed by atoms with Gasteiger partial charge in [-0.15, -0.1) is 0 Å². The zero-order valence-electron chi connectivity index (χ0n) is 13.2. The average Bonchev–Trinajstić information content (AvgIpc) is 2.40. The third kappa shape index (κ3) is 4.58. The van der Waals surface area contributed by atoms with Crippen molar-refractivity contribution in [1.29, 1.82) is 0 Å². The quantitative estimate of drug-likeness (QED) is 0.485. The van der Waals surface area contributed by atoms with Crippen molar-refractivity contribution in [3.63, 3.8) is 0 Å². The first-order valence-corrected chi connectivity index (χ1v) is 7.60. The molecule has 0 aromatic rings. The predicted octanol–water partition coefficient (Wildman–Crippen LogP) is 4.69. The van der Waals surface area contributed by atoms with Crippen molar-refractivity contribution in [3.8, 4) is 0 Å². The van der Waals surface area contributed by atoms with Crippen molar-refractivity contribution in [2.75, 3.05) is 0 Å². The summed E-state index contributed by atoms with van der Waals surface area (Å²) in [5, 5.41) is 0. The highest BCUT2D eigenvalue weighted by Gasteiger charge is 2.50. The van der Waals surface area contributed by atoms with Gasteiger partial charge in [-0.1, -0.05) is 46.0 Å². The van der Waals surface area contributed by atoms with Crippen LogP contribution in [0, 0.1) is 5.92 Å². The molecule has 0 atom stereocenters. The van der Waals surface area contributed by atoms with Crippen molar-refractivity contribution in [2.45, 2.75) is 91.2 Å². The van der Waals surface area contributed by atoms with Gasteiger partial charge in [0, 0.05) is 0 Å². The predicted molar refractivity (Wildman–Crippen MR) is 78.8 cm³/mol. The molecule has 106 valence electrons. The van der Waals surface area contributed by atoms with Gasteiger partial charge in [-0.25, -0.2) is 0 Å². The lowest BCUT2D eigenvalue weighted by atomic mass is 9.82. The highest BCUT2D eigenvalue weighted by Crippen LogP contribution is 2.38. The molecule has 0 bridgehead atoms. The Morgan fingerprint density at radius 2 is 1.33 bits per heavy atom. The molecule has 1 heterocycles. The Labute approximate surface area is 114 Å². The first kappa shape index (κ1) is 16.0. The molecule has 0 saturated carbocycles. The summed E-state index contributed by atoms with van der Waals surface area (Å²) in [6, 6.07) is 0. The third-order valence-corrected chi connectivity index (χ3v) is 4.27. The minimum Gasteiger partial charge on any atom is -0.403 e. The standard InChI is InChI=1S/C15H31BO2/c1-13(2)11-9-7-8-10-12-16-17-14(3,4)15(5,6)18-16/h13H,7-12H2,1-6H3. The zero-order chi connectivity index (χ0) is 13.8. The van der Waals surface area contributed by atoms with Crippen LogP contribution in [0.4, 0.5) is 0 Å². The summed E-state index contributed by atoms with van der Waals surface area (Å²) in [5.74, 6) is 0.841. The maximum Gasteiger partial charge on any atom is 0.457 e. The van der Waals surface area contributed by atoms with E-state index >= 15 is 0 Å². The second-order valence-electron chi connectivity index (χ2n) is 7.07. The van der Waals surface area contributed by atoms with E-state index in [9.17, 15) is 0 Å². The molecule has 0 N–H and O–H groups in total. The third-order valence-electron chi connectivity index (χ3n) is 4.27. The summed E-state index contributed by atoms with van der Waals surface area (Å²) in [5.41, 5.74) is -0.343. The Kier molecular flexibility index (Phi) is 5.73. The maximum absolute atomic E-state index is 5.99. The van der Waals surface area contributed by atoms with Crippen LogP contribution in [0.25, 0.3) is 0 Å². The van der Waals surface area contributed by atoms with Gasteiger partial charge in [-0.2, -0.15) is 0 Å². The average molecular weight is 254 g/mol. The molecule has 0 spiro atoms. The monoisotopic (exact) mass is 254 g/mol. The fourth-order valence-corrected chi connectivity index (χ4v) is 2.30. The van der Waals surface area contributed by atoms with Crippen molar-refractivity contribution in [2.24, 2.45) is 5.92 Å². The molecule has 0 aromatic heterocycles. The van der Waals surface area contributed by atoms with E-state index in [-0.39, 0.29) is 18.3 Å². The van der Waals surface area contributed by atoms with Gasteiger partial charge in [-0.3, -0.25) is 0 Å². The molecule has 3 heteroatoms. The fraction of sp³-hybridized carbons (Fsp3) is 1.00. The topological polar surface area (TPSA) is 18.5 Å². The molecule has 1 saturated heterocycles. The first-order chi connectivity index (χ1) is 8.24. The van der Waals surface area contributed by atoms with Gasteiger partial charge in [0.2, 0.25) is 0 Å². The summed E-state index contributed by atoms with van der Waals surface area (Å²) in [4.78, 5) is 0. The molecule has 1 fully saturated rings. The molecule has 2 nitrogen and oxygen atoms in total. The van der Waals surface area contributed by atoms with Crippen LogP contribution in [0.5, 0.6) is 0 Å². The van der Waals surface area contributed by atoms with E-state index in [4.69, 9.17) is 9.31 Å².